The zero-order valence-corrected chi connectivity index (χ0v) is 14.3. The monoisotopic (exact) mass is 337 g/mol. The minimum Gasteiger partial charge on any atom is -0.310 e. The standard InChI is InChI=1S/C18H21F2NOS/c1-12(15-6-9-17(19)18(20)10-15)11-21-13(2)14-4-7-16(8-5-14)23(3)22/h4-10,12-13,21H,11H2,1-3H3/t12-,13+,23+/m1/s1. The summed E-state index contributed by atoms with van der Waals surface area (Å²) < 4.78 is 37.6. The number of rotatable bonds is 6. The van der Waals surface area contributed by atoms with Gasteiger partial charge in [-0.2, -0.15) is 0 Å². The van der Waals surface area contributed by atoms with Crippen LogP contribution in [0.1, 0.15) is 36.9 Å². The molecule has 0 unspecified atom stereocenters. The van der Waals surface area contributed by atoms with E-state index in [4.69, 9.17) is 0 Å². The van der Waals surface area contributed by atoms with Gasteiger partial charge in [0.2, 0.25) is 0 Å². The van der Waals surface area contributed by atoms with E-state index in [-0.39, 0.29) is 12.0 Å². The van der Waals surface area contributed by atoms with Crippen LogP contribution < -0.4 is 5.32 Å². The maximum Gasteiger partial charge on any atom is 0.159 e. The Kier molecular flexibility index (Phi) is 6.02. The van der Waals surface area contributed by atoms with Crippen LogP contribution in [0.5, 0.6) is 0 Å². The van der Waals surface area contributed by atoms with Gasteiger partial charge in [-0.3, -0.25) is 4.21 Å². The third-order valence-corrected chi connectivity index (χ3v) is 4.89. The Morgan fingerprint density at radius 3 is 2.17 bits per heavy atom. The molecule has 0 spiro atoms. The molecule has 3 atom stereocenters. The molecule has 0 heterocycles. The molecule has 0 amide bonds. The topological polar surface area (TPSA) is 29.1 Å². The SMILES string of the molecule is C[C@H](CN[C@@H](C)c1ccc([S@](C)=O)cc1)c1ccc(F)c(F)c1. The Hall–Kier alpha value is -1.59. The van der Waals surface area contributed by atoms with Gasteiger partial charge in [-0.1, -0.05) is 25.1 Å². The molecule has 0 saturated heterocycles. The number of benzene rings is 2. The average Bonchev–Trinajstić information content (AvgIpc) is 2.54. The van der Waals surface area contributed by atoms with Crippen molar-refractivity contribution in [1.29, 1.82) is 0 Å². The van der Waals surface area contributed by atoms with Crippen LogP contribution in [0.15, 0.2) is 47.4 Å². The van der Waals surface area contributed by atoms with Crippen molar-refractivity contribution in [1.82, 2.24) is 5.32 Å². The minimum atomic E-state index is -0.977. The van der Waals surface area contributed by atoms with Gasteiger partial charge in [0.05, 0.1) is 0 Å². The molecule has 2 nitrogen and oxygen atoms in total. The first-order valence-corrected chi connectivity index (χ1v) is 9.06. The lowest BCUT2D eigenvalue weighted by Crippen LogP contribution is -2.23. The van der Waals surface area contributed by atoms with Crippen molar-refractivity contribution < 1.29 is 13.0 Å². The van der Waals surface area contributed by atoms with E-state index in [1.54, 1.807) is 12.3 Å². The lowest BCUT2D eigenvalue weighted by Gasteiger charge is -2.19. The van der Waals surface area contributed by atoms with E-state index >= 15 is 0 Å². The molecule has 5 heteroatoms. The molecule has 124 valence electrons. The quantitative estimate of drug-likeness (QED) is 0.858. The molecule has 0 aliphatic heterocycles. The van der Waals surface area contributed by atoms with Crippen molar-refractivity contribution >= 4 is 10.8 Å². The van der Waals surface area contributed by atoms with Gasteiger partial charge in [0.25, 0.3) is 0 Å². The predicted octanol–water partition coefficient (Wildman–Crippen LogP) is 4.16. The van der Waals surface area contributed by atoms with Crippen LogP contribution in [0, 0.1) is 11.6 Å². The van der Waals surface area contributed by atoms with E-state index in [0.29, 0.717) is 6.54 Å². The second-order valence-electron chi connectivity index (χ2n) is 5.73. The molecule has 0 aliphatic carbocycles. The van der Waals surface area contributed by atoms with Crippen LogP contribution in [0.4, 0.5) is 8.78 Å². The summed E-state index contributed by atoms with van der Waals surface area (Å²) in [6, 6.07) is 11.8. The Bertz CT molecular complexity index is 688. The smallest absolute Gasteiger partial charge is 0.159 e. The summed E-state index contributed by atoms with van der Waals surface area (Å²) in [7, 11) is -0.977. The van der Waals surface area contributed by atoms with E-state index in [9.17, 15) is 13.0 Å². The van der Waals surface area contributed by atoms with Crippen molar-refractivity contribution in [3.05, 3.63) is 65.2 Å². The third kappa shape index (κ3) is 4.69. The fraction of sp³-hybridized carbons (Fsp3) is 0.333. The fourth-order valence-electron chi connectivity index (χ4n) is 2.36. The maximum absolute atomic E-state index is 13.3. The first-order chi connectivity index (χ1) is 10.9. The zero-order valence-electron chi connectivity index (χ0n) is 13.5. The van der Waals surface area contributed by atoms with E-state index in [1.165, 1.54) is 6.07 Å². The zero-order chi connectivity index (χ0) is 17.0. The fourth-order valence-corrected chi connectivity index (χ4v) is 2.88. The Morgan fingerprint density at radius 1 is 1.00 bits per heavy atom. The van der Waals surface area contributed by atoms with Crippen LogP contribution in [0.2, 0.25) is 0 Å². The molecule has 0 radical (unpaired) electrons. The molecular weight excluding hydrogens is 316 g/mol. The molecule has 0 fully saturated rings. The molecule has 2 aromatic carbocycles. The van der Waals surface area contributed by atoms with Crippen LogP contribution in [-0.4, -0.2) is 17.0 Å². The van der Waals surface area contributed by atoms with Gasteiger partial charge in [0.15, 0.2) is 11.6 Å². The highest BCUT2D eigenvalue weighted by Gasteiger charge is 2.12. The Balaban J connectivity index is 1.96. The molecule has 2 aromatic rings. The molecule has 23 heavy (non-hydrogen) atoms. The Labute approximate surface area is 138 Å². The third-order valence-electron chi connectivity index (χ3n) is 3.95. The van der Waals surface area contributed by atoms with Crippen molar-refractivity contribution in [2.24, 2.45) is 0 Å². The van der Waals surface area contributed by atoms with Crippen LogP contribution in [-0.2, 0) is 10.8 Å². The number of nitrogens with one attached hydrogen (secondary N) is 1. The van der Waals surface area contributed by atoms with Gasteiger partial charge >= 0.3 is 0 Å². The van der Waals surface area contributed by atoms with Gasteiger partial charge in [-0.05, 0) is 48.2 Å². The van der Waals surface area contributed by atoms with Gasteiger partial charge < -0.3 is 5.32 Å². The normalized spacial score (nSPS) is 15.2. The molecule has 0 aromatic heterocycles. The highest BCUT2D eigenvalue weighted by Crippen LogP contribution is 2.20. The highest BCUT2D eigenvalue weighted by molar-refractivity contribution is 7.84. The number of halogens is 2. The van der Waals surface area contributed by atoms with Crippen LogP contribution in [0.25, 0.3) is 0 Å². The van der Waals surface area contributed by atoms with E-state index in [0.717, 1.165) is 22.1 Å². The van der Waals surface area contributed by atoms with Crippen LogP contribution in [0.3, 0.4) is 0 Å². The summed E-state index contributed by atoms with van der Waals surface area (Å²) >= 11 is 0. The first-order valence-electron chi connectivity index (χ1n) is 7.50. The molecular formula is C18H21F2NOS. The second-order valence-corrected chi connectivity index (χ2v) is 7.11. The summed E-state index contributed by atoms with van der Waals surface area (Å²) in [4.78, 5) is 0.802. The van der Waals surface area contributed by atoms with E-state index in [2.05, 4.69) is 5.32 Å². The second kappa shape index (κ2) is 7.79. The maximum atomic E-state index is 13.3. The van der Waals surface area contributed by atoms with Gasteiger partial charge in [0, 0.05) is 34.5 Å². The largest absolute Gasteiger partial charge is 0.310 e. The van der Waals surface area contributed by atoms with Crippen molar-refractivity contribution in [3.8, 4) is 0 Å². The van der Waals surface area contributed by atoms with Crippen LogP contribution >= 0.6 is 0 Å². The molecule has 0 bridgehead atoms. The van der Waals surface area contributed by atoms with Gasteiger partial charge in [-0.15, -0.1) is 0 Å². The van der Waals surface area contributed by atoms with Gasteiger partial charge in [0.1, 0.15) is 0 Å². The van der Waals surface area contributed by atoms with Crippen molar-refractivity contribution in [3.63, 3.8) is 0 Å². The Morgan fingerprint density at radius 2 is 1.61 bits per heavy atom. The molecule has 0 aliphatic rings. The summed E-state index contributed by atoms with van der Waals surface area (Å²) in [6.45, 7) is 4.65. The minimum absolute atomic E-state index is 0.0648. The first kappa shape index (κ1) is 17.8. The predicted molar refractivity (Wildman–Crippen MR) is 90.0 cm³/mol. The lowest BCUT2D eigenvalue weighted by molar-refractivity contribution is 0.500. The summed E-state index contributed by atoms with van der Waals surface area (Å²) in [5.41, 5.74) is 1.86. The molecule has 2 rings (SSSR count). The molecule has 1 N–H and O–H groups in total. The van der Waals surface area contributed by atoms with Crippen molar-refractivity contribution in [2.75, 3.05) is 12.8 Å². The highest BCUT2D eigenvalue weighted by atomic mass is 32.2. The summed E-state index contributed by atoms with van der Waals surface area (Å²) in [5, 5.41) is 3.39. The number of hydrogen-bond acceptors (Lipinski definition) is 2. The lowest BCUT2D eigenvalue weighted by atomic mass is 10.00. The van der Waals surface area contributed by atoms with Crippen molar-refractivity contribution in [2.45, 2.75) is 30.7 Å². The summed E-state index contributed by atoms with van der Waals surface area (Å²) in [6.07, 6.45) is 1.65. The average molecular weight is 337 g/mol. The van der Waals surface area contributed by atoms with E-state index in [1.807, 2.05) is 38.1 Å². The number of hydrogen-bond donors (Lipinski definition) is 1. The van der Waals surface area contributed by atoms with E-state index < -0.39 is 22.4 Å². The van der Waals surface area contributed by atoms with Gasteiger partial charge in [-0.25, -0.2) is 8.78 Å². The molecule has 0 saturated carbocycles. The summed E-state index contributed by atoms with van der Waals surface area (Å²) in [5.74, 6) is -1.57.